The first-order valence-electron chi connectivity index (χ1n) is 4.50. The van der Waals surface area contributed by atoms with E-state index >= 15 is 0 Å². The largest absolute Gasteiger partial charge is 0.391 e. The third-order valence-corrected chi connectivity index (χ3v) is 2.11. The van der Waals surface area contributed by atoms with Crippen LogP contribution < -0.4 is 11.1 Å². The molecule has 0 aromatic carbocycles. The second kappa shape index (κ2) is 4.23. The van der Waals surface area contributed by atoms with Crippen molar-refractivity contribution in [1.29, 1.82) is 0 Å². The van der Waals surface area contributed by atoms with Gasteiger partial charge in [0.1, 0.15) is 0 Å². The lowest BCUT2D eigenvalue weighted by atomic mass is 10.3. The third kappa shape index (κ3) is 2.11. The number of aromatic nitrogens is 2. The summed E-state index contributed by atoms with van der Waals surface area (Å²) in [4.78, 5) is 22.6. The van der Waals surface area contributed by atoms with Gasteiger partial charge in [-0.2, -0.15) is 0 Å². The van der Waals surface area contributed by atoms with Gasteiger partial charge in [-0.3, -0.25) is 9.59 Å². The first-order chi connectivity index (χ1) is 6.56. The SMILES string of the molecule is CCC(O)Cn1ccn(C)c(=O)c1=O. The molecule has 0 aliphatic heterocycles. The average Bonchev–Trinajstić information content (AvgIpc) is 2.19. The third-order valence-electron chi connectivity index (χ3n) is 2.11. The Morgan fingerprint density at radius 2 is 2.00 bits per heavy atom. The predicted octanol–water partition coefficient (Wildman–Crippen LogP) is -0.682. The van der Waals surface area contributed by atoms with Crippen molar-refractivity contribution in [2.24, 2.45) is 7.05 Å². The van der Waals surface area contributed by atoms with E-state index in [1.54, 1.807) is 0 Å². The van der Waals surface area contributed by atoms with E-state index in [1.165, 1.54) is 28.6 Å². The van der Waals surface area contributed by atoms with E-state index < -0.39 is 17.2 Å². The van der Waals surface area contributed by atoms with Crippen molar-refractivity contribution >= 4 is 0 Å². The van der Waals surface area contributed by atoms with Crippen LogP contribution in [0, 0.1) is 0 Å². The Morgan fingerprint density at radius 3 is 2.57 bits per heavy atom. The molecule has 78 valence electrons. The molecule has 0 fully saturated rings. The zero-order chi connectivity index (χ0) is 10.7. The van der Waals surface area contributed by atoms with Crippen molar-refractivity contribution in [2.75, 3.05) is 0 Å². The highest BCUT2D eigenvalue weighted by atomic mass is 16.3. The Kier molecular flexibility index (Phi) is 3.24. The summed E-state index contributed by atoms with van der Waals surface area (Å²) in [6.07, 6.45) is 2.98. The minimum absolute atomic E-state index is 0.172. The number of aliphatic hydroxyl groups is 1. The summed E-state index contributed by atoms with van der Waals surface area (Å²) in [6, 6.07) is 0. The molecule has 0 bridgehead atoms. The number of rotatable bonds is 3. The van der Waals surface area contributed by atoms with Gasteiger partial charge in [-0.05, 0) is 6.42 Å². The summed E-state index contributed by atoms with van der Waals surface area (Å²) in [5, 5.41) is 9.33. The van der Waals surface area contributed by atoms with Crippen LogP contribution in [0.1, 0.15) is 13.3 Å². The summed E-state index contributed by atoms with van der Waals surface area (Å²) in [5.74, 6) is 0. The number of aryl methyl sites for hydroxylation is 1. The molecule has 1 atom stereocenters. The zero-order valence-corrected chi connectivity index (χ0v) is 8.30. The normalized spacial score (nSPS) is 12.8. The average molecular weight is 198 g/mol. The van der Waals surface area contributed by atoms with Crippen LogP contribution in [0.4, 0.5) is 0 Å². The fourth-order valence-electron chi connectivity index (χ4n) is 1.09. The van der Waals surface area contributed by atoms with Crippen molar-refractivity contribution in [3.63, 3.8) is 0 Å². The molecule has 1 rings (SSSR count). The van der Waals surface area contributed by atoms with Crippen molar-refractivity contribution in [3.05, 3.63) is 33.1 Å². The van der Waals surface area contributed by atoms with Gasteiger partial charge >= 0.3 is 11.1 Å². The standard InChI is InChI=1S/C9H14N2O3/c1-3-7(12)6-11-5-4-10(2)8(13)9(11)14/h4-5,7,12H,3,6H2,1-2H3. The molecule has 14 heavy (non-hydrogen) atoms. The highest BCUT2D eigenvalue weighted by Gasteiger charge is 2.06. The van der Waals surface area contributed by atoms with Gasteiger partial charge in [0.25, 0.3) is 0 Å². The summed E-state index contributed by atoms with van der Waals surface area (Å²) in [7, 11) is 1.52. The van der Waals surface area contributed by atoms with Gasteiger partial charge in [0, 0.05) is 19.4 Å². The number of hydrogen-bond acceptors (Lipinski definition) is 3. The minimum atomic E-state index is -0.595. The number of nitrogens with zero attached hydrogens (tertiary/aromatic N) is 2. The van der Waals surface area contributed by atoms with Crippen LogP contribution in [0.3, 0.4) is 0 Å². The quantitative estimate of drug-likeness (QED) is 0.654. The Labute approximate surface area is 81.2 Å². The summed E-state index contributed by atoms with van der Waals surface area (Å²) < 4.78 is 2.45. The maximum atomic E-state index is 11.4. The number of aliphatic hydroxyl groups excluding tert-OH is 1. The van der Waals surface area contributed by atoms with Gasteiger partial charge in [0.05, 0.1) is 12.6 Å². The van der Waals surface area contributed by atoms with Gasteiger partial charge in [-0.1, -0.05) is 6.92 Å². The molecule has 5 nitrogen and oxygen atoms in total. The summed E-state index contributed by atoms with van der Waals surface area (Å²) in [6.45, 7) is 1.99. The molecule has 0 spiro atoms. The first-order valence-corrected chi connectivity index (χ1v) is 4.50. The zero-order valence-electron chi connectivity index (χ0n) is 8.30. The van der Waals surface area contributed by atoms with Gasteiger partial charge < -0.3 is 14.2 Å². The fraction of sp³-hybridized carbons (Fsp3) is 0.556. The fourth-order valence-corrected chi connectivity index (χ4v) is 1.09. The van der Waals surface area contributed by atoms with Crippen molar-refractivity contribution < 1.29 is 5.11 Å². The molecule has 0 radical (unpaired) electrons. The van der Waals surface area contributed by atoms with Gasteiger partial charge in [0.15, 0.2) is 0 Å². The molecule has 0 aliphatic rings. The van der Waals surface area contributed by atoms with Crippen molar-refractivity contribution in [1.82, 2.24) is 9.13 Å². The van der Waals surface area contributed by atoms with Crippen molar-refractivity contribution in [3.8, 4) is 0 Å². The van der Waals surface area contributed by atoms with E-state index in [9.17, 15) is 14.7 Å². The maximum Gasteiger partial charge on any atom is 0.316 e. The molecule has 1 unspecified atom stereocenters. The van der Waals surface area contributed by atoms with Crippen LogP contribution in [0.25, 0.3) is 0 Å². The highest BCUT2D eigenvalue weighted by molar-refractivity contribution is 4.85. The lowest BCUT2D eigenvalue weighted by Gasteiger charge is -2.09. The molecule has 5 heteroatoms. The Bertz CT molecular complexity index is 419. The maximum absolute atomic E-state index is 11.4. The molecular weight excluding hydrogens is 184 g/mol. The second-order valence-corrected chi connectivity index (χ2v) is 3.23. The molecule has 0 saturated carbocycles. The smallest absolute Gasteiger partial charge is 0.316 e. The minimum Gasteiger partial charge on any atom is -0.391 e. The molecule has 0 amide bonds. The van der Waals surface area contributed by atoms with E-state index in [4.69, 9.17) is 0 Å². The van der Waals surface area contributed by atoms with Crippen molar-refractivity contribution in [2.45, 2.75) is 26.0 Å². The van der Waals surface area contributed by atoms with Crippen LogP contribution in [0.5, 0.6) is 0 Å². The van der Waals surface area contributed by atoms with Crippen LogP contribution in [0.2, 0.25) is 0 Å². The van der Waals surface area contributed by atoms with Crippen LogP contribution in [-0.4, -0.2) is 20.3 Å². The molecule has 1 N–H and O–H groups in total. The Balaban J connectivity index is 3.07. The Morgan fingerprint density at radius 1 is 1.36 bits per heavy atom. The Hall–Kier alpha value is -1.36. The van der Waals surface area contributed by atoms with E-state index in [2.05, 4.69) is 0 Å². The molecule has 1 heterocycles. The molecular formula is C9H14N2O3. The summed E-state index contributed by atoms with van der Waals surface area (Å²) >= 11 is 0. The second-order valence-electron chi connectivity index (χ2n) is 3.23. The van der Waals surface area contributed by atoms with Crippen LogP contribution >= 0.6 is 0 Å². The van der Waals surface area contributed by atoms with E-state index in [1.807, 2.05) is 6.92 Å². The molecule has 1 aromatic rings. The van der Waals surface area contributed by atoms with E-state index in [-0.39, 0.29) is 6.54 Å². The highest BCUT2D eigenvalue weighted by Crippen LogP contribution is 1.92. The lowest BCUT2D eigenvalue weighted by molar-refractivity contribution is 0.148. The molecule has 1 aromatic heterocycles. The van der Waals surface area contributed by atoms with Gasteiger partial charge in [-0.25, -0.2) is 0 Å². The summed E-state index contributed by atoms with van der Waals surface area (Å²) in [5.41, 5.74) is -1.17. The van der Waals surface area contributed by atoms with Crippen LogP contribution in [-0.2, 0) is 13.6 Å². The van der Waals surface area contributed by atoms with E-state index in [0.29, 0.717) is 6.42 Å². The predicted molar refractivity (Wildman–Crippen MR) is 52.2 cm³/mol. The van der Waals surface area contributed by atoms with Gasteiger partial charge in [0.2, 0.25) is 0 Å². The number of hydrogen-bond donors (Lipinski definition) is 1. The molecule has 0 saturated heterocycles. The van der Waals surface area contributed by atoms with E-state index in [0.717, 1.165) is 0 Å². The van der Waals surface area contributed by atoms with Crippen LogP contribution in [0.15, 0.2) is 22.0 Å². The monoisotopic (exact) mass is 198 g/mol. The van der Waals surface area contributed by atoms with Gasteiger partial charge in [-0.15, -0.1) is 0 Å². The first kappa shape index (κ1) is 10.7. The lowest BCUT2D eigenvalue weighted by Crippen LogP contribution is -2.41. The molecule has 0 aliphatic carbocycles. The topological polar surface area (TPSA) is 64.2 Å².